The van der Waals surface area contributed by atoms with E-state index in [1.165, 1.54) is 0 Å². The Balaban J connectivity index is 1.82. The number of carbonyl (C=O) groups is 1. The van der Waals surface area contributed by atoms with Gasteiger partial charge in [0, 0.05) is 19.3 Å². The zero-order chi connectivity index (χ0) is 13.5. The maximum Gasteiger partial charge on any atom is 0.256 e. The molecule has 0 atom stereocenters. The van der Waals surface area contributed by atoms with E-state index in [1.807, 2.05) is 0 Å². The van der Waals surface area contributed by atoms with Crippen LogP contribution in [0.15, 0.2) is 28.3 Å². The van der Waals surface area contributed by atoms with Crippen molar-refractivity contribution in [3.63, 3.8) is 0 Å². The lowest BCUT2D eigenvalue weighted by molar-refractivity contribution is -0.117. The highest BCUT2D eigenvalue weighted by Crippen LogP contribution is 2.27. The topological polar surface area (TPSA) is 78.8 Å². The number of amides is 1. The molecule has 2 aliphatic heterocycles. The first kappa shape index (κ1) is 12.4. The van der Waals surface area contributed by atoms with Crippen LogP contribution < -0.4 is 5.32 Å². The monoisotopic (exact) mass is 281 g/mol. The predicted molar refractivity (Wildman–Crippen MR) is 70.9 cm³/mol. The van der Waals surface area contributed by atoms with Crippen molar-refractivity contribution in [3.05, 3.63) is 23.9 Å². The van der Waals surface area contributed by atoms with Crippen molar-refractivity contribution in [2.75, 3.05) is 18.8 Å². The summed E-state index contributed by atoms with van der Waals surface area (Å²) in [4.78, 5) is 13.8. The molecule has 0 radical (unpaired) electrons. The minimum Gasteiger partial charge on any atom is -0.352 e. The summed E-state index contributed by atoms with van der Waals surface area (Å²) in [6, 6.07) is 0. The van der Waals surface area contributed by atoms with Gasteiger partial charge in [-0.05, 0) is 30.9 Å². The van der Waals surface area contributed by atoms with Gasteiger partial charge < -0.3 is 10.2 Å². The number of fused-ring (bicyclic) bond motifs is 1. The summed E-state index contributed by atoms with van der Waals surface area (Å²) in [5.41, 5.74) is 0.325. The molecular formula is C12H15N3O3S. The number of sulfonamides is 1. The summed E-state index contributed by atoms with van der Waals surface area (Å²) in [7, 11) is -3.45. The van der Waals surface area contributed by atoms with E-state index in [2.05, 4.69) is 9.71 Å². The van der Waals surface area contributed by atoms with E-state index < -0.39 is 10.0 Å². The molecule has 1 N–H and O–H groups in total. The van der Waals surface area contributed by atoms with Gasteiger partial charge in [-0.2, -0.15) is 0 Å². The second-order valence-electron chi connectivity index (χ2n) is 4.97. The summed E-state index contributed by atoms with van der Waals surface area (Å²) in [6.45, 7) is 0.991. The molecule has 1 fully saturated rings. The van der Waals surface area contributed by atoms with Crippen LogP contribution in [-0.2, 0) is 14.8 Å². The van der Waals surface area contributed by atoms with Gasteiger partial charge in [0.2, 0.25) is 0 Å². The summed E-state index contributed by atoms with van der Waals surface area (Å²) in [6.07, 6.45) is 7.40. The highest BCUT2D eigenvalue weighted by atomic mass is 32.2. The number of hydrogen-bond acceptors (Lipinski definition) is 4. The number of nitrogens with zero attached hydrogens (tertiary/aromatic N) is 2. The third kappa shape index (κ3) is 2.70. The van der Waals surface area contributed by atoms with Crippen LogP contribution in [-0.4, -0.2) is 43.9 Å². The lowest BCUT2D eigenvalue weighted by atomic mass is 10.1. The highest BCUT2D eigenvalue weighted by Gasteiger charge is 2.30. The summed E-state index contributed by atoms with van der Waals surface area (Å²) < 4.78 is 26.8. The molecule has 1 aliphatic carbocycles. The molecule has 3 aliphatic rings. The Labute approximate surface area is 111 Å². The van der Waals surface area contributed by atoms with E-state index in [-0.39, 0.29) is 17.5 Å². The predicted octanol–water partition coefficient (Wildman–Crippen LogP) is 0.0102. The molecule has 0 bridgehead atoms. The molecule has 0 aromatic heterocycles. The third-order valence-corrected chi connectivity index (χ3v) is 4.50. The molecule has 0 aromatic rings. The first-order valence-corrected chi connectivity index (χ1v) is 7.92. The van der Waals surface area contributed by atoms with E-state index >= 15 is 0 Å². The normalized spacial score (nSPS) is 24.3. The van der Waals surface area contributed by atoms with Gasteiger partial charge in [0.15, 0.2) is 5.84 Å². The number of allylic oxidation sites excluding steroid dienone is 2. The van der Waals surface area contributed by atoms with Crippen LogP contribution in [0.5, 0.6) is 0 Å². The number of nitrogens with one attached hydrogen (secondary N) is 1. The molecule has 102 valence electrons. The lowest BCUT2D eigenvalue weighted by Gasteiger charge is -2.28. The fourth-order valence-electron chi connectivity index (χ4n) is 2.05. The molecule has 3 rings (SSSR count). The fraction of sp³-hybridized carbons (Fsp3) is 0.500. The zero-order valence-corrected chi connectivity index (χ0v) is 11.2. The van der Waals surface area contributed by atoms with Gasteiger partial charge in [-0.1, -0.05) is 0 Å². The highest BCUT2D eigenvalue weighted by molar-refractivity contribution is 7.90. The Hall–Kier alpha value is -1.63. The summed E-state index contributed by atoms with van der Waals surface area (Å²) >= 11 is 0. The summed E-state index contributed by atoms with van der Waals surface area (Å²) in [5.74, 6) is 0.550. The van der Waals surface area contributed by atoms with Crippen LogP contribution in [0.25, 0.3) is 0 Å². The van der Waals surface area contributed by atoms with Gasteiger partial charge in [-0.15, -0.1) is 4.40 Å². The Morgan fingerprint density at radius 3 is 3.00 bits per heavy atom. The molecule has 19 heavy (non-hydrogen) atoms. The number of rotatable bonds is 3. The van der Waals surface area contributed by atoms with Crippen molar-refractivity contribution >= 4 is 21.8 Å². The quantitative estimate of drug-likeness (QED) is 0.790. The Morgan fingerprint density at radius 1 is 1.47 bits per heavy atom. The minimum absolute atomic E-state index is 0.0161. The van der Waals surface area contributed by atoms with Crippen LogP contribution in [0.2, 0.25) is 0 Å². The zero-order valence-electron chi connectivity index (χ0n) is 10.4. The lowest BCUT2D eigenvalue weighted by Crippen LogP contribution is -2.42. The van der Waals surface area contributed by atoms with E-state index in [0.29, 0.717) is 24.6 Å². The van der Waals surface area contributed by atoms with E-state index in [4.69, 9.17) is 0 Å². The smallest absolute Gasteiger partial charge is 0.256 e. The largest absolute Gasteiger partial charge is 0.352 e. The van der Waals surface area contributed by atoms with Gasteiger partial charge in [0.05, 0.1) is 11.3 Å². The molecule has 1 saturated carbocycles. The van der Waals surface area contributed by atoms with Crippen LogP contribution >= 0.6 is 0 Å². The van der Waals surface area contributed by atoms with Gasteiger partial charge >= 0.3 is 0 Å². The number of amidine groups is 1. The Bertz CT molecular complexity index is 600. The van der Waals surface area contributed by atoms with E-state index in [9.17, 15) is 13.2 Å². The van der Waals surface area contributed by atoms with Gasteiger partial charge in [0.25, 0.3) is 15.9 Å². The molecule has 2 heterocycles. The average molecular weight is 281 g/mol. The number of hydrogen-bond donors (Lipinski definition) is 1. The second kappa shape index (κ2) is 4.48. The second-order valence-corrected chi connectivity index (χ2v) is 6.72. The van der Waals surface area contributed by atoms with Crippen LogP contribution in [0.4, 0.5) is 0 Å². The van der Waals surface area contributed by atoms with Crippen LogP contribution in [0.3, 0.4) is 0 Å². The van der Waals surface area contributed by atoms with Crippen molar-refractivity contribution < 1.29 is 13.2 Å². The Kier molecular flexibility index (Phi) is 2.93. The third-order valence-electron chi connectivity index (χ3n) is 3.35. The maximum atomic E-state index is 12.1. The van der Waals surface area contributed by atoms with Crippen molar-refractivity contribution in [3.8, 4) is 0 Å². The molecule has 7 heteroatoms. The fourth-order valence-corrected chi connectivity index (χ4v) is 3.03. The first-order valence-electron chi connectivity index (χ1n) is 6.31. The molecule has 6 nitrogen and oxygen atoms in total. The molecule has 0 aromatic carbocycles. The van der Waals surface area contributed by atoms with Crippen molar-refractivity contribution in [2.45, 2.75) is 12.8 Å². The average Bonchev–Trinajstić information content (AvgIpc) is 3.18. The minimum atomic E-state index is -3.45. The molecule has 1 amide bonds. The standard InChI is InChI=1S/C12H15N3O3S/c16-12(13-8-9-3-4-9)10-2-1-5-15-6-7-19(17,18)14-11(10)15/h1-2,5,9H,3-4,6-8H2,(H,13,16). The van der Waals surface area contributed by atoms with Gasteiger partial charge in [-0.3, -0.25) is 4.79 Å². The molecule has 0 spiro atoms. The maximum absolute atomic E-state index is 12.1. The van der Waals surface area contributed by atoms with Gasteiger partial charge in [0.1, 0.15) is 0 Å². The van der Waals surface area contributed by atoms with E-state index in [0.717, 1.165) is 12.8 Å². The Morgan fingerprint density at radius 2 is 2.26 bits per heavy atom. The van der Waals surface area contributed by atoms with Crippen LogP contribution in [0.1, 0.15) is 12.8 Å². The molecule has 0 saturated heterocycles. The van der Waals surface area contributed by atoms with Crippen molar-refractivity contribution in [1.82, 2.24) is 10.2 Å². The molecular weight excluding hydrogens is 266 g/mol. The first-order chi connectivity index (χ1) is 9.05. The van der Waals surface area contributed by atoms with Crippen LogP contribution in [0, 0.1) is 5.92 Å². The van der Waals surface area contributed by atoms with Gasteiger partial charge in [-0.25, -0.2) is 8.42 Å². The SMILES string of the molecule is O=C(NCC1CC1)C1=CC=CN2CCS(=O)(=O)N=C12. The summed E-state index contributed by atoms with van der Waals surface area (Å²) in [5, 5.41) is 2.83. The van der Waals surface area contributed by atoms with Crippen molar-refractivity contribution in [1.29, 1.82) is 0 Å². The number of carbonyl (C=O) groups excluding carboxylic acids is 1. The van der Waals surface area contributed by atoms with Crippen molar-refractivity contribution in [2.24, 2.45) is 10.3 Å². The van der Waals surface area contributed by atoms with E-state index in [1.54, 1.807) is 23.3 Å². The molecule has 0 unspecified atom stereocenters.